The number of aromatic nitrogens is 1. The molecule has 4 heteroatoms. The number of aromatic carboxylic acids is 1. The molecule has 1 aromatic heterocycles. The number of hydrogen-bond acceptors (Lipinski definition) is 2. The summed E-state index contributed by atoms with van der Waals surface area (Å²) < 4.78 is 6.88. The lowest BCUT2D eigenvalue weighted by molar-refractivity contribution is 0.0687. The lowest BCUT2D eigenvalue weighted by Crippen LogP contribution is -2.04. The molecular weight excluding hydrogens is 206 g/mol. The van der Waals surface area contributed by atoms with Gasteiger partial charge in [0.25, 0.3) is 0 Å². The van der Waals surface area contributed by atoms with Crippen LogP contribution in [0.4, 0.5) is 0 Å². The first-order valence-corrected chi connectivity index (χ1v) is 4.92. The second-order valence-corrected chi connectivity index (χ2v) is 3.74. The summed E-state index contributed by atoms with van der Waals surface area (Å²) in [4.78, 5) is 11.0. The van der Waals surface area contributed by atoms with Crippen LogP contribution >= 0.6 is 0 Å². The number of rotatable bonds is 2. The first-order chi connectivity index (χ1) is 7.56. The van der Waals surface area contributed by atoms with Crippen molar-refractivity contribution in [1.82, 2.24) is 4.57 Å². The Hall–Kier alpha value is -1.97. The fourth-order valence-electron chi connectivity index (χ4n) is 1.94. The Morgan fingerprint density at radius 1 is 1.44 bits per heavy atom. The summed E-state index contributed by atoms with van der Waals surface area (Å²) in [6.45, 7) is 1.95. The summed E-state index contributed by atoms with van der Waals surface area (Å²) in [7, 11) is 3.31. The van der Waals surface area contributed by atoms with Crippen molar-refractivity contribution in [2.45, 2.75) is 6.92 Å². The molecule has 0 saturated heterocycles. The quantitative estimate of drug-likeness (QED) is 0.842. The minimum absolute atomic E-state index is 0.266. The Balaban J connectivity index is 2.89. The third-order valence-corrected chi connectivity index (χ3v) is 2.81. The third kappa shape index (κ3) is 1.34. The third-order valence-electron chi connectivity index (χ3n) is 2.81. The zero-order chi connectivity index (χ0) is 11.9. The lowest BCUT2D eigenvalue weighted by atomic mass is 10.1. The fourth-order valence-corrected chi connectivity index (χ4v) is 1.94. The highest BCUT2D eigenvalue weighted by molar-refractivity contribution is 5.98. The second-order valence-electron chi connectivity index (χ2n) is 3.74. The molecule has 0 saturated carbocycles. The average Bonchev–Trinajstić information content (AvgIpc) is 2.59. The summed E-state index contributed by atoms with van der Waals surface area (Å²) in [5.74, 6) is -0.240. The van der Waals surface area contributed by atoms with Crippen LogP contribution in [0.5, 0.6) is 5.75 Å². The largest absolute Gasteiger partial charge is 0.495 e. The molecule has 4 nitrogen and oxygen atoms in total. The summed E-state index contributed by atoms with van der Waals surface area (Å²) in [6, 6.07) is 5.45. The van der Waals surface area contributed by atoms with Crippen molar-refractivity contribution in [2.75, 3.05) is 7.11 Å². The molecule has 0 radical (unpaired) electrons. The van der Waals surface area contributed by atoms with E-state index in [2.05, 4.69) is 0 Å². The first-order valence-electron chi connectivity index (χ1n) is 4.92. The highest BCUT2D eigenvalue weighted by atomic mass is 16.5. The van der Waals surface area contributed by atoms with E-state index < -0.39 is 5.97 Å². The molecule has 0 bridgehead atoms. The molecule has 0 unspecified atom stereocenters. The highest BCUT2D eigenvalue weighted by Crippen LogP contribution is 2.30. The van der Waals surface area contributed by atoms with E-state index >= 15 is 0 Å². The van der Waals surface area contributed by atoms with Crippen molar-refractivity contribution in [3.05, 3.63) is 29.5 Å². The van der Waals surface area contributed by atoms with Gasteiger partial charge in [-0.1, -0.05) is 6.07 Å². The van der Waals surface area contributed by atoms with Gasteiger partial charge in [-0.15, -0.1) is 0 Å². The average molecular weight is 219 g/mol. The molecule has 0 atom stereocenters. The van der Waals surface area contributed by atoms with Gasteiger partial charge < -0.3 is 14.4 Å². The predicted molar refractivity (Wildman–Crippen MR) is 61.2 cm³/mol. The lowest BCUT2D eigenvalue weighted by Gasteiger charge is -2.06. The van der Waals surface area contributed by atoms with E-state index in [-0.39, 0.29) is 5.69 Å². The molecule has 1 heterocycles. The monoisotopic (exact) mass is 219 g/mol. The van der Waals surface area contributed by atoms with E-state index in [9.17, 15) is 4.79 Å². The van der Waals surface area contributed by atoms with Gasteiger partial charge in [-0.3, -0.25) is 0 Å². The molecule has 0 spiro atoms. The van der Waals surface area contributed by atoms with Crippen molar-refractivity contribution in [2.24, 2.45) is 7.05 Å². The molecule has 0 amide bonds. The van der Waals surface area contributed by atoms with Gasteiger partial charge in [0.15, 0.2) is 0 Å². The van der Waals surface area contributed by atoms with Gasteiger partial charge in [0.2, 0.25) is 0 Å². The molecule has 0 aliphatic heterocycles. The topological polar surface area (TPSA) is 51.5 Å². The molecule has 0 aliphatic carbocycles. The van der Waals surface area contributed by atoms with Crippen molar-refractivity contribution < 1.29 is 14.6 Å². The van der Waals surface area contributed by atoms with E-state index in [1.165, 1.54) is 0 Å². The number of nitrogens with zero attached hydrogens (tertiary/aromatic N) is 1. The van der Waals surface area contributed by atoms with Crippen LogP contribution in [0.3, 0.4) is 0 Å². The second kappa shape index (κ2) is 3.56. The maximum atomic E-state index is 11.0. The van der Waals surface area contributed by atoms with Crippen molar-refractivity contribution in [3.8, 4) is 5.75 Å². The number of carbonyl (C=O) groups is 1. The van der Waals surface area contributed by atoms with Gasteiger partial charge in [-0.25, -0.2) is 4.79 Å². The van der Waals surface area contributed by atoms with Gasteiger partial charge in [0.05, 0.1) is 12.6 Å². The van der Waals surface area contributed by atoms with Crippen molar-refractivity contribution >= 4 is 16.9 Å². The van der Waals surface area contributed by atoms with Crippen LogP contribution in [0.25, 0.3) is 10.9 Å². The molecule has 1 N–H and O–H groups in total. The summed E-state index contributed by atoms with van der Waals surface area (Å²) in [5, 5.41) is 9.98. The highest BCUT2D eigenvalue weighted by Gasteiger charge is 2.16. The number of carboxylic acid groups (broad SMARTS) is 1. The Morgan fingerprint density at radius 3 is 2.69 bits per heavy atom. The van der Waals surface area contributed by atoms with Crippen LogP contribution < -0.4 is 4.74 Å². The van der Waals surface area contributed by atoms with Gasteiger partial charge in [-0.2, -0.15) is 0 Å². The number of methoxy groups -OCH3 is 1. The Labute approximate surface area is 93.1 Å². The Bertz CT molecular complexity index is 569. The fraction of sp³-hybridized carbons (Fsp3) is 0.250. The normalized spacial score (nSPS) is 10.7. The van der Waals surface area contributed by atoms with E-state index in [4.69, 9.17) is 9.84 Å². The maximum absolute atomic E-state index is 11.0. The molecule has 2 rings (SSSR count). The molecule has 16 heavy (non-hydrogen) atoms. The van der Waals surface area contributed by atoms with Gasteiger partial charge in [0.1, 0.15) is 11.4 Å². The van der Waals surface area contributed by atoms with Crippen LogP contribution in [0.1, 0.15) is 16.1 Å². The van der Waals surface area contributed by atoms with Crippen molar-refractivity contribution in [3.63, 3.8) is 0 Å². The zero-order valence-electron chi connectivity index (χ0n) is 9.44. The molecule has 2 aromatic rings. The van der Waals surface area contributed by atoms with Gasteiger partial charge in [-0.05, 0) is 24.6 Å². The molecule has 1 aromatic carbocycles. The van der Waals surface area contributed by atoms with E-state index in [1.54, 1.807) is 24.8 Å². The Morgan fingerprint density at radius 2 is 2.12 bits per heavy atom. The number of hydrogen-bond donors (Lipinski definition) is 1. The Kier molecular flexibility index (Phi) is 2.34. The molecule has 84 valence electrons. The zero-order valence-corrected chi connectivity index (χ0v) is 9.44. The van der Waals surface area contributed by atoms with Crippen LogP contribution in [0, 0.1) is 6.92 Å². The SMILES string of the molecule is COc1ccc(C)c2cc(C(=O)O)n(C)c12. The number of carboxylic acids is 1. The maximum Gasteiger partial charge on any atom is 0.352 e. The van der Waals surface area contributed by atoms with E-state index in [0.717, 1.165) is 16.5 Å². The molecule has 0 aliphatic rings. The van der Waals surface area contributed by atoms with Crippen LogP contribution in [0.15, 0.2) is 18.2 Å². The minimum Gasteiger partial charge on any atom is -0.495 e. The van der Waals surface area contributed by atoms with E-state index in [1.807, 2.05) is 19.1 Å². The predicted octanol–water partition coefficient (Wildman–Crippen LogP) is 2.19. The number of fused-ring (bicyclic) bond motifs is 1. The van der Waals surface area contributed by atoms with Crippen LogP contribution in [-0.2, 0) is 7.05 Å². The van der Waals surface area contributed by atoms with Crippen molar-refractivity contribution in [1.29, 1.82) is 0 Å². The number of benzene rings is 1. The minimum atomic E-state index is -0.930. The smallest absolute Gasteiger partial charge is 0.352 e. The van der Waals surface area contributed by atoms with Crippen LogP contribution in [-0.4, -0.2) is 22.8 Å². The summed E-state index contributed by atoms with van der Waals surface area (Å²) >= 11 is 0. The van der Waals surface area contributed by atoms with Gasteiger partial charge in [0, 0.05) is 12.4 Å². The number of aryl methyl sites for hydroxylation is 2. The standard InChI is InChI=1S/C12H13NO3/c1-7-4-5-10(16-3)11-8(7)6-9(12(14)15)13(11)2/h4-6H,1-3H3,(H,14,15). The first kappa shape index (κ1) is 10.5. The number of ether oxygens (including phenoxy) is 1. The van der Waals surface area contributed by atoms with Gasteiger partial charge >= 0.3 is 5.97 Å². The molecule has 0 fully saturated rings. The van der Waals surface area contributed by atoms with Crippen LogP contribution in [0.2, 0.25) is 0 Å². The summed E-state index contributed by atoms with van der Waals surface area (Å²) in [5.41, 5.74) is 2.13. The van der Waals surface area contributed by atoms with E-state index in [0.29, 0.717) is 5.75 Å². The summed E-state index contributed by atoms with van der Waals surface area (Å²) in [6.07, 6.45) is 0. The molecular formula is C12H13NO3.